The third-order valence-corrected chi connectivity index (χ3v) is 7.24. The minimum atomic E-state index is -0.627. The molecule has 2 aromatic carbocycles. The fourth-order valence-corrected chi connectivity index (χ4v) is 5.24. The Labute approximate surface area is 233 Å². The van der Waals surface area contributed by atoms with Gasteiger partial charge in [0.2, 0.25) is 0 Å². The Bertz CT molecular complexity index is 2030. The molecule has 0 saturated heterocycles. The number of hydrogen-bond acceptors (Lipinski definition) is 7. The molecule has 0 spiro atoms. The van der Waals surface area contributed by atoms with Gasteiger partial charge in [-0.15, -0.1) is 11.3 Å². The van der Waals surface area contributed by atoms with Gasteiger partial charge in [0.1, 0.15) is 11.4 Å². The first kappa shape index (κ1) is 25.2. The number of carbonyl (C=O) groups excluding carboxylic acids is 1. The lowest BCUT2D eigenvalue weighted by Crippen LogP contribution is -2.33. The summed E-state index contributed by atoms with van der Waals surface area (Å²) in [5.74, 6) is 6.30. The van der Waals surface area contributed by atoms with E-state index in [1.54, 1.807) is 49.1 Å². The molecule has 1 atom stereocenters. The number of aromatic nitrogens is 6. The average molecular weight is 546 g/mol. The third-order valence-electron chi connectivity index (χ3n) is 6.41. The Kier molecular flexibility index (Phi) is 6.42. The van der Waals surface area contributed by atoms with Crippen molar-refractivity contribution in [3.63, 3.8) is 0 Å². The van der Waals surface area contributed by atoms with Crippen molar-refractivity contribution < 1.29 is 4.79 Å². The summed E-state index contributed by atoms with van der Waals surface area (Å²) >= 11 is 1.49. The largest absolute Gasteiger partial charge is 0.342 e. The van der Waals surface area contributed by atoms with Crippen molar-refractivity contribution in [1.82, 2.24) is 34.4 Å². The van der Waals surface area contributed by atoms with Crippen LogP contribution in [0.3, 0.4) is 0 Å². The molecule has 0 saturated carbocycles. The molecule has 4 heterocycles. The highest BCUT2D eigenvalue weighted by Crippen LogP contribution is 2.22. The highest BCUT2D eigenvalue weighted by atomic mass is 32.1. The lowest BCUT2D eigenvalue weighted by molar-refractivity contribution is 0.0938. The summed E-state index contributed by atoms with van der Waals surface area (Å²) in [4.78, 5) is 41.9. The van der Waals surface area contributed by atoms with Gasteiger partial charge in [0.05, 0.1) is 44.4 Å². The van der Waals surface area contributed by atoms with Crippen molar-refractivity contribution in [1.29, 1.82) is 0 Å². The van der Waals surface area contributed by atoms with Crippen molar-refractivity contribution in [3.05, 3.63) is 116 Å². The number of hydrogen-bond donors (Lipinski definition) is 1. The lowest BCUT2D eigenvalue weighted by Gasteiger charge is -2.20. The maximum Gasteiger partial charge on any atom is 0.267 e. The number of para-hydroxylation sites is 1. The van der Waals surface area contributed by atoms with Crippen molar-refractivity contribution >= 4 is 33.8 Å². The second-order valence-corrected chi connectivity index (χ2v) is 10.4. The molecular weight excluding hydrogens is 522 g/mol. The minimum absolute atomic E-state index is 0.272. The number of thiazole rings is 1. The maximum absolute atomic E-state index is 14.1. The molecule has 6 aromatic rings. The number of fused-ring (bicyclic) bond motifs is 2. The molecule has 0 aliphatic heterocycles. The molecule has 10 heteroatoms. The zero-order valence-corrected chi connectivity index (χ0v) is 22.7. The fraction of sp³-hybridized carbons (Fsp3) is 0.133. The molecular formula is C30H23N7O2S. The molecule has 0 bridgehead atoms. The van der Waals surface area contributed by atoms with Gasteiger partial charge >= 0.3 is 0 Å². The predicted molar refractivity (Wildman–Crippen MR) is 154 cm³/mol. The van der Waals surface area contributed by atoms with E-state index in [4.69, 9.17) is 4.98 Å². The van der Waals surface area contributed by atoms with Crippen LogP contribution in [0.4, 0.5) is 0 Å². The summed E-state index contributed by atoms with van der Waals surface area (Å²) in [5, 5.41) is 8.73. The average Bonchev–Trinajstić information content (AvgIpc) is 3.53. The Morgan fingerprint density at radius 1 is 1.02 bits per heavy atom. The molecule has 1 N–H and O–H groups in total. The Hall–Kier alpha value is -5.14. The van der Waals surface area contributed by atoms with E-state index in [-0.39, 0.29) is 11.5 Å². The topological polar surface area (TPSA) is 107 Å². The van der Waals surface area contributed by atoms with Crippen LogP contribution < -0.4 is 10.9 Å². The molecule has 9 nitrogen and oxygen atoms in total. The first-order chi connectivity index (χ1) is 19.4. The number of aryl methyl sites for hydroxylation is 2. The molecule has 4 aromatic heterocycles. The molecule has 0 unspecified atom stereocenters. The number of benzene rings is 2. The lowest BCUT2D eigenvalue weighted by atomic mass is 10.1. The van der Waals surface area contributed by atoms with Gasteiger partial charge in [0, 0.05) is 18.0 Å². The fourth-order valence-electron chi connectivity index (χ4n) is 4.61. The summed E-state index contributed by atoms with van der Waals surface area (Å²) in [6, 6.07) is 15.8. The number of nitrogens with one attached hydrogen (secondary N) is 1. The van der Waals surface area contributed by atoms with Crippen LogP contribution in [-0.2, 0) is 0 Å². The van der Waals surface area contributed by atoms with Crippen LogP contribution in [0.2, 0.25) is 0 Å². The van der Waals surface area contributed by atoms with Gasteiger partial charge in [-0.3, -0.25) is 14.2 Å². The van der Waals surface area contributed by atoms with Crippen molar-refractivity contribution in [3.8, 4) is 17.5 Å². The molecule has 40 heavy (non-hydrogen) atoms. The number of amides is 1. The van der Waals surface area contributed by atoms with Crippen LogP contribution in [0.25, 0.3) is 22.2 Å². The quantitative estimate of drug-likeness (QED) is 0.329. The van der Waals surface area contributed by atoms with Crippen LogP contribution in [0.5, 0.6) is 0 Å². The van der Waals surface area contributed by atoms with E-state index in [9.17, 15) is 9.59 Å². The summed E-state index contributed by atoms with van der Waals surface area (Å²) in [6.07, 6.45) is 5.08. The maximum atomic E-state index is 14.1. The van der Waals surface area contributed by atoms with Crippen LogP contribution in [-0.4, -0.2) is 35.0 Å². The van der Waals surface area contributed by atoms with E-state index in [2.05, 4.69) is 32.2 Å². The molecule has 0 aliphatic carbocycles. The van der Waals surface area contributed by atoms with Gasteiger partial charge in [0.25, 0.3) is 11.5 Å². The minimum Gasteiger partial charge on any atom is -0.342 e. The van der Waals surface area contributed by atoms with E-state index in [1.807, 2.05) is 49.4 Å². The van der Waals surface area contributed by atoms with Gasteiger partial charge in [-0.2, -0.15) is 5.10 Å². The normalized spacial score (nSPS) is 11.8. The zero-order valence-electron chi connectivity index (χ0n) is 21.9. The number of rotatable bonds is 4. The van der Waals surface area contributed by atoms with Gasteiger partial charge < -0.3 is 5.32 Å². The molecule has 1 amide bonds. The molecule has 0 radical (unpaired) electrons. The summed E-state index contributed by atoms with van der Waals surface area (Å²) in [6.45, 7) is 5.48. The van der Waals surface area contributed by atoms with Crippen LogP contribution in [0.15, 0.2) is 78.0 Å². The Morgan fingerprint density at radius 3 is 2.62 bits per heavy atom. The standard InChI is InChI=1S/C30H23N7O2S/c1-18-25(28-31-15-8-16-36(28)35-18)29(38)33-19(2)27-34-24-12-7-9-21(13-14-23-17-32-20(3)40-23)26(24)30(39)37(27)22-10-5-4-6-11-22/h4-12,15-17,19H,1-3H3,(H,33,38)/t19-/m1/s1. The van der Waals surface area contributed by atoms with Crippen LogP contribution in [0.1, 0.15) is 50.3 Å². The van der Waals surface area contributed by atoms with E-state index in [0.717, 1.165) is 9.88 Å². The monoisotopic (exact) mass is 545 g/mol. The smallest absolute Gasteiger partial charge is 0.267 e. The van der Waals surface area contributed by atoms with Gasteiger partial charge in [-0.05, 0) is 57.0 Å². The summed E-state index contributed by atoms with van der Waals surface area (Å²) in [5.41, 5.74) is 2.80. The molecule has 6 rings (SSSR count). The SMILES string of the molecule is Cc1ncc(C#Cc2cccc3nc([C@@H](C)NC(=O)c4c(C)nn5cccnc45)n(-c4ccccc4)c(=O)c23)s1. The predicted octanol–water partition coefficient (Wildman–Crippen LogP) is 4.39. The number of carbonyl (C=O) groups is 1. The highest BCUT2D eigenvalue weighted by molar-refractivity contribution is 7.12. The Balaban J connectivity index is 1.48. The summed E-state index contributed by atoms with van der Waals surface area (Å²) in [7, 11) is 0. The van der Waals surface area contributed by atoms with Crippen molar-refractivity contribution in [2.24, 2.45) is 0 Å². The molecule has 196 valence electrons. The third kappa shape index (κ3) is 4.52. The molecule has 0 fully saturated rings. The second kappa shape index (κ2) is 10.2. The second-order valence-electron chi connectivity index (χ2n) is 9.18. The highest BCUT2D eigenvalue weighted by Gasteiger charge is 2.24. The van der Waals surface area contributed by atoms with E-state index < -0.39 is 6.04 Å². The van der Waals surface area contributed by atoms with E-state index in [1.165, 1.54) is 15.9 Å². The Morgan fingerprint density at radius 2 is 1.85 bits per heavy atom. The summed E-state index contributed by atoms with van der Waals surface area (Å²) < 4.78 is 3.11. The van der Waals surface area contributed by atoms with Crippen LogP contribution >= 0.6 is 11.3 Å². The van der Waals surface area contributed by atoms with Gasteiger partial charge in [-0.25, -0.2) is 19.5 Å². The van der Waals surface area contributed by atoms with Crippen molar-refractivity contribution in [2.75, 3.05) is 0 Å². The van der Waals surface area contributed by atoms with E-state index >= 15 is 0 Å². The van der Waals surface area contributed by atoms with Gasteiger partial charge in [-0.1, -0.05) is 30.2 Å². The number of nitrogens with zero attached hydrogens (tertiary/aromatic N) is 6. The van der Waals surface area contributed by atoms with Crippen LogP contribution in [0, 0.1) is 25.7 Å². The van der Waals surface area contributed by atoms with E-state index in [0.29, 0.717) is 44.9 Å². The molecule has 0 aliphatic rings. The van der Waals surface area contributed by atoms with Gasteiger partial charge in [0.15, 0.2) is 5.65 Å². The van der Waals surface area contributed by atoms with Crippen molar-refractivity contribution in [2.45, 2.75) is 26.8 Å². The zero-order chi connectivity index (χ0) is 27.8. The first-order valence-electron chi connectivity index (χ1n) is 12.6. The first-order valence-corrected chi connectivity index (χ1v) is 13.4.